The van der Waals surface area contributed by atoms with Crippen molar-refractivity contribution in [3.63, 3.8) is 0 Å². The first-order valence-corrected chi connectivity index (χ1v) is 10.4. The maximum atomic E-state index is 12.7. The zero-order valence-electron chi connectivity index (χ0n) is 17.1. The number of hydrogen-bond donors (Lipinski definition) is 2. The first kappa shape index (κ1) is 21.0. The first-order chi connectivity index (χ1) is 15.0. The SMILES string of the molecule is COc1ccc(NC(=O)C2=NO[C@]3(CCCN(C(=O)Nc4ccc(Cl)cc4)C3)C2)cc1. The zero-order valence-corrected chi connectivity index (χ0v) is 17.8. The highest BCUT2D eigenvalue weighted by Crippen LogP contribution is 2.34. The number of amides is 3. The summed E-state index contributed by atoms with van der Waals surface area (Å²) in [6, 6.07) is 13.8. The lowest BCUT2D eigenvalue weighted by Gasteiger charge is -2.38. The maximum absolute atomic E-state index is 12.7. The fraction of sp³-hybridized carbons (Fsp3) is 0.318. The second-order valence-electron chi connectivity index (χ2n) is 7.63. The fourth-order valence-corrected chi connectivity index (χ4v) is 3.87. The molecule has 2 aromatic carbocycles. The van der Waals surface area contributed by atoms with Gasteiger partial charge in [0.2, 0.25) is 0 Å². The summed E-state index contributed by atoms with van der Waals surface area (Å²) in [5, 5.41) is 10.3. The molecule has 0 aromatic heterocycles. The molecule has 2 aliphatic rings. The van der Waals surface area contributed by atoms with Crippen LogP contribution in [-0.4, -0.2) is 48.4 Å². The largest absolute Gasteiger partial charge is 0.497 e. The summed E-state index contributed by atoms with van der Waals surface area (Å²) >= 11 is 5.89. The number of piperidine rings is 1. The number of likely N-dealkylation sites (tertiary alicyclic amines) is 1. The molecular formula is C22H23ClN4O4. The Bertz CT molecular complexity index is 994. The minimum Gasteiger partial charge on any atom is -0.497 e. The lowest BCUT2D eigenvalue weighted by molar-refractivity contribution is -0.110. The summed E-state index contributed by atoms with van der Waals surface area (Å²) in [7, 11) is 1.58. The average molecular weight is 443 g/mol. The van der Waals surface area contributed by atoms with E-state index in [9.17, 15) is 9.59 Å². The van der Waals surface area contributed by atoms with Gasteiger partial charge in [-0.25, -0.2) is 4.79 Å². The van der Waals surface area contributed by atoms with Gasteiger partial charge in [0.1, 0.15) is 11.5 Å². The van der Waals surface area contributed by atoms with Crippen molar-refractivity contribution in [1.82, 2.24) is 4.90 Å². The maximum Gasteiger partial charge on any atom is 0.321 e. The Balaban J connectivity index is 1.35. The van der Waals surface area contributed by atoms with E-state index in [1.807, 2.05) is 0 Å². The lowest BCUT2D eigenvalue weighted by Crippen LogP contribution is -2.52. The van der Waals surface area contributed by atoms with E-state index < -0.39 is 5.60 Å². The van der Waals surface area contributed by atoms with E-state index in [1.165, 1.54) is 0 Å². The van der Waals surface area contributed by atoms with Gasteiger partial charge in [0, 0.05) is 29.4 Å². The van der Waals surface area contributed by atoms with Gasteiger partial charge in [-0.3, -0.25) is 4.79 Å². The number of benzene rings is 2. The number of urea groups is 1. The summed E-state index contributed by atoms with van der Waals surface area (Å²) in [6.45, 7) is 0.965. The molecule has 1 saturated heterocycles. The summed E-state index contributed by atoms with van der Waals surface area (Å²) in [5.41, 5.74) is 0.942. The Morgan fingerprint density at radius 3 is 2.48 bits per heavy atom. The molecule has 1 spiro atoms. The number of methoxy groups -OCH3 is 1. The van der Waals surface area contributed by atoms with Crippen molar-refractivity contribution in [3.05, 3.63) is 53.6 Å². The van der Waals surface area contributed by atoms with Crippen LogP contribution in [0.25, 0.3) is 0 Å². The van der Waals surface area contributed by atoms with E-state index in [2.05, 4.69) is 15.8 Å². The van der Waals surface area contributed by atoms with Crippen LogP contribution in [0.3, 0.4) is 0 Å². The number of ether oxygens (including phenoxy) is 1. The van der Waals surface area contributed by atoms with Crippen molar-refractivity contribution in [2.75, 3.05) is 30.8 Å². The second kappa shape index (κ2) is 8.85. The molecule has 2 heterocycles. The van der Waals surface area contributed by atoms with Crippen LogP contribution in [0.5, 0.6) is 5.75 Å². The molecule has 31 heavy (non-hydrogen) atoms. The van der Waals surface area contributed by atoms with E-state index in [1.54, 1.807) is 60.5 Å². The van der Waals surface area contributed by atoms with Crippen LogP contribution in [0.4, 0.5) is 16.2 Å². The quantitative estimate of drug-likeness (QED) is 0.744. The third-order valence-corrected chi connectivity index (χ3v) is 5.62. The molecule has 2 aromatic rings. The number of nitrogens with one attached hydrogen (secondary N) is 2. The molecule has 1 fully saturated rings. The molecule has 0 unspecified atom stereocenters. The highest BCUT2D eigenvalue weighted by atomic mass is 35.5. The van der Waals surface area contributed by atoms with Gasteiger partial charge in [0.05, 0.1) is 13.7 Å². The van der Waals surface area contributed by atoms with E-state index in [0.717, 1.165) is 12.8 Å². The Hall–Kier alpha value is -3.26. The van der Waals surface area contributed by atoms with Gasteiger partial charge in [-0.2, -0.15) is 0 Å². The topological polar surface area (TPSA) is 92.3 Å². The van der Waals surface area contributed by atoms with Crippen molar-refractivity contribution < 1.29 is 19.2 Å². The average Bonchev–Trinajstić information content (AvgIpc) is 3.19. The molecule has 9 heteroatoms. The third-order valence-electron chi connectivity index (χ3n) is 5.37. The number of nitrogens with zero attached hydrogens (tertiary/aromatic N) is 2. The fourth-order valence-electron chi connectivity index (χ4n) is 3.75. The molecule has 0 bridgehead atoms. The molecule has 2 aliphatic heterocycles. The van der Waals surface area contributed by atoms with Crippen LogP contribution in [-0.2, 0) is 9.63 Å². The minimum absolute atomic E-state index is 0.221. The molecule has 162 valence electrons. The van der Waals surface area contributed by atoms with Crippen molar-refractivity contribution >= 4 is 40.6 Å². The number of carbonyl (C=O) groups excluding carboxylic acids is 2. The standard InChI is InChI=1S/C22H23ClN4O4/c1-30-18-9-7-16(8-10-18)24-20(28)19-13-22(31-26-19)11-2-12-27(14-22)21(29)25-17-5-3-15(23)4-6-17/h3-10H,2,11-14H2,1H3,(H,24,28)(H,25,29)/t22-/m1/s1. The zero-order chi connectivity index (χ0) is 21.8. The third kappa shape index (κ3) is 4.91. The van der Waals surface area contributed by atoms with Gasteiger partial charge in [0.25, 0.3) is 5.91 Å². The molecular weight excluding hydrogens is 420 g/mol. The van der Waals surface area contributed by atoms with Crippen molar-refractivity contribution in [2.24, 2.45) is 5.16 Å². The molecule has 1 atom stereocenters. The normalized spacial score (nSPS) is 20.1. The summed E-state index contributed by atoms with van der Waals surface area (Å²) in [5.74, 6) is 0.391. The van der Waals surface area contributed by atoms with E-state index in [4.69, 9.17) is 21.2 Å². The van der Waals surface area contributed by atoms with Gasteiger partial charge >= 0.3 is 6.03 Å². The highest BCUT2D eigenvalue weighted by Gasteiger charge is 2.45. The van der Waals surface area contributed by atoms with Crippen molar-refractivity contribution in [1.29, 1.82) is 0 Å². The number of halogens is 1. The Kier molecular flexibility index (Phi) is 5.99. The van der Waals surface area contributed by atoms with E-state index in [0.29, 0.717) is 47.4 Å². The molecule has 4 rings (SSSR count). The van der Waals surface area contributed by atoms with Crippen LogP contribution >= 0.6 is 11.6 Å². The molecule has 2 N–H and O–H groups in total. The van der Waals surface area contributed by atoms with Gasteiger partial charge in [-0.05, 0) is 61.4 Å². The van der Waals surface area contributed by atoms with E-state index >= 15 is 0 Å². The van der Waals surface area contributed by atoms with Gasteiger partial charge in [-0.15, -0.1) is 0 Å². The van der Waals surface area contributed by atoms with Crippen LogP contribution < -0.4 is 15.4 Å². The van der Waals surface area contributed by atoms with Crippen LogP contribution in [0.1, 0.15) is 19.3 Å². The Morgan fingerprint density at radius 2 is 1.77 bits per heavy atom. The molecule has 8 nitrogen and oxygen atoms in total. The first-order valence-electron chi connectivity index (χ1n) is 9.98. The number of anilines is 2. The number of carbonyl (C=O) groups is 2. The Morgan fingerprint density at radius 1 is 1.10 bits per heavy atom. The van der Waals surface area contributed by atoms with Gasteiger partial charge in [-0.1, -0.05) is 16.8 Å². The van der Waals surface area contributed by atoms with Crippen LogP contribution in [0, 0.1) is 0 Å². The molecule has 3 amide bonds. The second-order valence-corrected chi connectivity index (χ2v) is 8.07. The smallest absolute Gasteiger partial charge is 0.321 e. The summed E-state index contributed by atoms with van der Waals surface area (Å²) in [6.07, 6.45) is 1.83. The lowest BCUT2D eigenvalue weighted by atomic mass is 9.88. The predicted octanol–water partition coefficient (Wildman–Crippen LogP) is 4.13. The van der Waals surface area contributed by atoms with Gasteiger partial charge in [0.15, 0.2) is 5.60 Å². The molecule has 0 radical (unpaired) electrons. The Labute approximate surface area is 185 Å². The predicted molar refractivity (Wildman–Crippen MR) is 119 cm³/mol. The summed E-state index contributed by atoms with van der Waals surface area (Å²) in [4.78, 5) is 32.7. The van der Waals surface area contributed by atoms with Gasteiger partial charge < -0.3 is 25.1 Å². The molecule has 0 saturated carbocycles. The van der Waals surface area contributed by atoms with Crippen molar-refractivity contribution in [2.45, 2.75) is 24.9 Å². The molecule has 0 aliphatic carbocycles. The van der Waals surface area contributed by atoms with E-state index in [-0.39, 0.29) is 11.9 Å². The van der Waals surface area contributed by atoms with Crippen molar-refractivity contribution in [3.8, 4) is 5.75 Å². The van der Waals surface area contributed by atoms with Crippen LogP contribution in [0.2, 0.25) is 5.02 Å². The summed E-state index contributed by atoms with van der Waals surface area (Å²) < 4.78 is 5.12. The number of hydrogen-bond acceptors (Lipinski definition) is 5. The van der Waals surface area contributed by atoms with Crippen LogP contribution in [0.15, 0.2) is 53.7 Å². The monoisotopic (exact) mass is 442 g/mol. The highest BCUT2D eigenvalue weighted by molar-refractivity contribution is 6.43. The minimum atomic E-state index is -0.678. The number of rotatable bonds is 4. The number of oxime groups is 1.